The van der Waals surface area contributed by atoms with Crippen LogP contribution in [-0.4, -0.2) is 58.8 Å². The average Bonchev–Trinajstić information content (AvgIpc) is 3.08. The van der Waals surface area contributed by atoms with E-state index in [0.29, 0.717) is 6.42 Å². The number of Topliss-reactive ketones (excluding diaryl/α,β-unsaturated/α-hetero) is 1. The van der Waals surface area contributed by atoms with E-state index in [1.807, 2.05) is 0 Å². The topological polar surface area (TPSA) is 107 Å². The molecule has 36 heavy (non-hydrogen) atoms. The number of rotatable bonds is 6. The van der Waals surface area contributed by atoms with E-state index >= 15 is 8.78 Å². The van der Waals surface area contributed by atoms with Crippen LogP contribution in [0.25, 0.3) is 0 Å². The molecule has 3 saturated carbocycles. The van der Waals surface area contributed by atoms with Gasteiger partial charge in [-0.25, -0.2) is 8.78 Å². The molecule has 8 atom stereocenters. The van der Waals surface area contributed by atoms with Crippen LogP contribution in [0.3, 0.4) is 0 Å². The quantitative estimate of drug-likeness (QED) is 0.547. The first kappa shape index (κ1) is 26.6. The van der Waals surface area contributed by atoms with Gasteiger partial charge in [0.05, 0.1) is 6.10 Å². The van der Waals surface area contributed by atoms with Crippen molar-refractivity contribution in [1.29, 1.82) is 0 Å². The number of ketones is 2. The van der Waals surface area contributed by atoms with Crippen molar-refractivity contribution in [2.45, 2.75) is 89.8 Å². The van der Waals surface area contributed by atoms with Gasteiger partial charge >= 0.3 is 11.9 Å². The van der Waals surface area contributed by atoms with Crippen molar-refractivity contribution in [2.24, 2.45) is 22.7 Å². The van der Waals surface area contributed by atoms with Gasteiger partial charge in [-0.3, -0.25) is 19.2 Å². The van der Waals surface area contributed by atoms with Gasteiger partial charge in [-0.2, -0.15) is 0 Å². The molecular weight excluding hydrogens is 474 g/mol. The molecule has 3 fully saturated rings. The van der Waals surface area contributed by atoms with Gasteiger partial charge in [-0.1, -0.05) is 19.9 Å². The number of alkyl halides is 2. The van der Waals surface area contributed by atoms with Crippen LogP contribution in [-0.2, 0) is 28.7 Å². The highest BCUT2D eigenvalue weighted by Crippen LogP contribution is 2.70. The maximum Gasteiger partial charge on any atom is 0.306 e. The first-order valence-electron chi connectivity index (χ1n) is 12.6. The molecule has 4 aliphatic rings. The largest absolute Gasteiger partial charge is 0.458 e. The molecule has 1 N–H and O–H groups in total. The summed E-state index contributed by atoms with van der Waals surface area (Å²) >= 11 is 0. The Morgan fingerprint density at radius 3 is 2.56 bits per heavy atom. The standard InChI is InChI=1S/C27H34F2O7/c1-5-6-23(34)36-26(22(33)14-35-15(2)30)10-8-17-18-12-20(28)19-11-16(31)7-9-24(19,3)27(18,29)21(32)13-25(17,26)4/h7,9,11,17-18,20-21,32H,5-6,8,10,12-14H2,1-4H3/t17-,18-,20-,21?,24-,25-,26?,27-/m0/s1. The number of aliphatic hydroxyl groups is 1. The van der Waals surface area contributed by atoms with Crippen LogP contribution >= 0.6 is 0 Å². The monoisotopic (exact) mass is 508 g/mol. The zero-order chi connectivity index (χ0) is 26.7. The Bertz CT molecular complexity index is 1050. The van der Waals surface area contributed by atoms with Crippen molar-refractivity contribution in [3.63, 3.8) is 0 Å². The van der Waals surface area contributed by atoms with Crippen molar-refractivity contribution >= 4 is 23.5 Å². The number of carbonyl (C=O) groups excluding carboxylic acids is 4. The average molecular weight is 509 g/mol. The molecule has 0 spiro atoms. The van der Waals surface area contributed by atoms with Gasteiger partial charge in [0.15, 0.2) is 23.7 Å². The predicted molar refractivity (Wildman–Crippen MR) is 124 cm³/mol. The molecule has 2 unspecified atom stereocenters. The summed E-state index contributed by atoms with van der Waals surface area (Å²) < 4.78 is 43.6. The number of halogens is 2. The molecule has 0 heterocycles. The summed E-state index contributed by atoms with van der Waals surface area (Å²) in [5, 5.41) is 11.4. The lowest BCUT2D eigenvalue weighted by atomic mass is 9.44. The van der Waals surface area contributed by atoms with Crippen molar-refractivity contribution < 1.29 is 42.5 Å². The van der Waals surface area contributed by atoms with Gasteiger partial charge in [-0.15, -0.1) is 0 Å². The molecule has 0 aliphatic heterocycles. The first-order chi connectivity index (χ1) is 16.8. The van der Waals surface area contributed by atoms with Gasteiger partial charge in [-0.05, 0) is 62.7 Å². The lowest BCUT2D eigenvalue weighted by Crippen LogP contribution is -2.70. The summed E-state index contributed by atoms with van der Waals surface area (Å²) in [6, 6.07) is 0. The molecule has 0 amide bonds. The van der Waals surface area contributed by atoms with E-state index in [0.717, 1.165) is 13.0 Å². The third-order valence-electron chi connectivity index (χ3n) is 9.35. The predicted octanol–water partition coefficient (Wildman–Crippen LogP) is 3.52. The Balaban J connectivity index is 1.80. The third kappa shape index (κ3) is 3.52. The second-order valence-electron chi connectivity index (χ2n) is 11.2. The van der Waals surface area contributed by atoms with Gasteiger partial charge in [0.1, 0.15) is 6.17 Å². The summed E-state index contributed by atoms with van der Waals surface area (Å²) in [7, 11) is 0. The zero-order valence-electron chi connectivity index (χ0n) is 21.1. The summed E-state index contributed by atoms with van der Waals surface area (Å²) in [4.78, 5) is 49.6. The van der Waals surface area contributed by atoms with Crippen molar-refractivity contribution in [3.05, 3.63) is 23.8 Å². The molecule has 0 bridgehead atoms. The lowest BCUT2D eigenvalue weighted by molar-refractivity contribution is -0.229. The van der Waals surface area contributed by atoms with Gasteiger partial charge in [0, 0.05) is 30.1 Å². The van der Waals surface area contributed by atoms with Crippen molar-refractivity contribution in [2.75, 3.05) is 6.61 Å². The Morgan fingerprint density at radius 1 is 1.22 bits per heavy atom. The summed E-state index contributed by atoms with van der Waals surface area (Å²) in [5.41, 5.74) is -6.80. The highest BCUT2D eigenvalue weighted by molar-refractivity contribution is 6.01. The van der Waals surface area contributed by atoms with Crippen molar-refractivity contribution in [1.82, 2.24) is 0 Å². The molecule has 0 radical (unpaired) electrons. The summed E-state index contributed by atoms with van der Waals surface area (Å²) in [5.74, 6) is -3.96. The molecule has 4 rings (SSSR count). The highest BCUT2D eigenvalue weighted by atomic mass is 19.1. The van der Waals surface area contributed by atoms with Gasteiger partial charge < -0.3 is 14.6 Å². The smallest absolute Gasteiger partial charge is 0.306 e. The van der Waals surface area contributed by atoms with E-state index in [-0.39, 0.29) is 37.7 Å². The number of aliphatic hydroxyl groups excluding tert-OH is 1. The van der Waals surface area contributed by atoms with Crippen LogP contribution < -0.4 is 0 Å². The second-order valence-corrected chi connectivity index (χ2v) is 11.2. The Kier molecular flexibility index (Phi) is 6.55. The van der Waals surface area contributed by atoms with E-state index in [1.54, 1.807) is 13.8 Å². The molecule has 4 aliphatic carbocycles. The molecule has 198 valence electrons. The minimum absolute atomic E-state index is 0.0148. The Morgan fingerprint density at radius 2 is 1.92 bits per heavy atom. The van der Waals surface area contributed by atoms with Gasteiger partial charge in [0.25, 0.3) is 0 Å². The number of fused-ring (bicyclic) bond motifs is 5. The normalized spacial score (nSPS) is 43.1. The number of hydrogen-bond donors (Lipinski definition) is 1. The minimum Gasteiger partial charge on any atom is -0.458 e. The molecule has 7 nitrogen and oxygen atoms in total. The van der Waals surface area contributed by atoms with E-state index in [4.69, 9.17) is 9.47 Å². The summed E-state index contributed by atoms with van der Waals surface area (Å²) in [6.45, 7) is 5.50. The highest BCUT2D eigenvalue weighted by Gasteiger charge is 2.76. The fraction of sp³-hybridized carbons (Fsp3) is 0.704. The van der Waals surface area contributed by atoms with Crippen LogP contribution in [0, 0.1) is 22.7 Å². The number of carbonyl (C=O) groups is 4. The second kappa shape index (κ2) is 8.85. The fourth-order valence-corrected chi connectivity index (χ4v) is 7.61. The lowest BCUT2D eigenvalue weighted by Gasteiger charge is -2.63. The fourth-order valence-electron chi connectivity index (χ4n) is 7.61. The van der Waals surface area contributed by atoms with Gasteiger partial charge in [0.2, 0.25) is 5.78 Å². The summed E-state index contributed by atoms with van der Waals surface area (Å²) in [6.07, 6.45) is 0.783. The molecule has 0 saturated heterocycles. The van der Waals surface area contributed by atoms with Crippen molar-refractivity contribution in [3.8, 4) is 0 Å². The first-order valence-corrected chi connectivity index (χ1v) is 12.6. The number of esters is 2. The SMILES string of the molecule is CCCC(=O)OC1(C(=O)COC(C)=O)CC[C@H]2[C@@H]3C[C@H](F)C4=CC(=O)C=C[C@]4(C)[C@@]3(F)C(O)C[C@@]21C. The van der Waals surface area contributed by atoms with Crippen LogP contribution in [0.4, 0.5) is 8.78 Å². The Hall–Kier alpha value is -2.42. The van der Waals surface area contributed by atoms with E-state index in [1.165, 1.54) is 19.1 Å². The number of allylic oxidation sites excluding steroid dienone is 4. The molecule has 0 aromatic rings. The maximum absolute atomic E-state index is 17.2. The molecular formula is C27H34F2O7. The zero-order valence-corrected chi connectivity index (χ0v) is 21.1. The maximum atomic E-state index is 17.2. The van der Waals surface area contributed by atoms with E-state index in [2.05, 4.69) is 0 Å². The molecule has 9 heteroatoms. The third-order valence-corrected chi connectivity index (χ3v) is 9.35. The number of hydrogen-bond acceptors (Lipinski definition) is 7. The van der Waals surface area contributed by atoms with Crippen LogP contribution in [0.15, 0.2) is 23.8 Å². The molecule has 0 aromatic heterocycles. The molecule has 0 aromatic carbocycles. The minimum atomic E-state index is -2.30. The van der Waals surface area contributed by atoms with E-state index < -0.39 is 76.3 Å². The van der Waals surface area contributed by atoms with E-state index in [9.17, 15) is 24.3 Å². The number of ether oxygens (including phenoxy) is 2. The van der Waals surface area contributed by atoms with Crippen LogP contribution in [0.2, 0.25) is 0 Å². The van der Waals surface area contributed by atoms with Crippen LogP contribution in [0.5, 0.6) is 0 Å². The van der Waals surface area contributed by atoms with Crippen LogP contribution in [0.1, 0.15) is 66.2 Å². The Labute approximate surface area is 209 Å².